The van der Waals surface area contributed by atoms with Crippen molar-refractivity contribution in [2.45, 2.75) is 104 Å². The Balaban J connectivity index is 0. The second-order valence-electron chi connectivity index (χ2n) is 12.7. The molecule has 2 heterocycles. The summed E-state index contributed by atoms with van der Waals surface area (Å²) in [5, 5.41) is 17.4. The van der Waals surface area contributed by atoms with Gasteiger partial charge in [-0.05, 0) is 73.6 Å². The van der Waals surface area contributed by atoms with E-state index in [-0.39, 0.29) is 31.0 Å². The molecule has 12 nitrogen and oxygen atoms in total. The second kappa shape index (κ2) is 28.9. The number of hydrogen-bond acceptors (Lipinski definition) is 10. The van der Waals surface area contributed by atoms with Gasteiger partial charge < -0.3 is 48.4 Å². The van der Waals surface area contributed by atoms with Gasteiger partial charge in [-0.1, -0.05) is 24.7 Å². The number of amides is 2. The minimum Gasteiger partial charge on any atom is -0.444 e. The third kappa shape index (κ3) is 30.3. The van der Waals surface area contributed by atoms with Crippen molar-refractivity contribution in [2.75, 3.05) is 79.0 Å². The number of hydrogen-bond donors (Lipinski definition) is 2. The lowest BCUT2D eigenvalue weighted by atomic mass is 10.1. The standard InChI is InChI=1S/C15H25NO4.C10H19NO3.C6H10O.C5H8O2/c1-5-10-18-11-12-19-13-6-8-16(9-7-13)14(17)20-15(2,3)4;1-10(2,3)14-9(13)11-6-4-8(12)5-7-11;1-3-5-7-6-4-2;1-2-4-7-5-3-6/h1,13H,6-12H2,2-4H3;8,12H,4-7H2,1-3H3;1H,4-6H2,2H3;1,6H,3-5H2. The first kappa shape index (κ1) is 47.1. The fourth-order valence-corrected chi connectivity index (χ4v) is 3.78. The van der Waals surface area contributed by atoms with Gasteiger partial charge in [0.25, 0.3) is 0 Å². The lowest BCUT2D eigenvalue weighted by Gasteiger charge is -2.33. The number of aliphatic hydroxyl groups excluding tert-OH is 2. The average molecular weight is 683 g/mol. The molecule has 0 spiro atoms. The van der Waals surface area contributed by atoms with Crippen molar-refractivity contribution in [1.29, 1.82) is 0 Å². The summed E-state index contributed by atoms with van der Waals surface area (Å²) in [5.74, 6) is 7.06. The highest BCUT2D eigenvalue weighted by molar-refractivity contribution is 5.68. The van der Waals surface area contributed by atoms with E-state index in [4.69, 9.17) is 48.1 Å². The highest BCUT2D eigenvalue weighted by Crippen LogP contribution is 2.17. The Bertz CT molecular complexity index is 920. The van der Waals surface area contributed by atoms with Crippen molar-refractivity contribution >= 4 is 12.2 Å². The third-order valence-corrected chi connectivity index (χ3v) is 5.93. The predicted octanol–water partition coefficient (Wildman–Crippen LogP) is 4.11. The van der Waals surface area contributed by atoms with E-state index in [0.717, 1.165) is 25.9 Å². The van der Waals surface area contributed by atoms with Crippen molar-refractivity contribution in [1.82, 2.24) is 9.80 Å². The quantitative estimate of drug-likeness (QED) is 0.242. The van der Waals surface area contributed by atoms with Crippen LogP contribution in [-0.4, -0.2) is 135 Å². The van der Waals surface area contributed by atoms with E-state index in [2.05, 4.69) is 29.4 Å². The van der Waals surface area contributed by atoms with E-state index < -0.39 is 11.2 Å². The van der Waals surface area contributed by atoms with Gasteiger partial charge in [-0.3, -0.25) is 0 Å². The van der Waals surface area contributed by atoms with E-state index in [1.165, 1.54) is 0 Å². The molecule has 0 unspecified atom stereocenters. The summed E-state index contributed by atoms with van der Waals surface area (Å²) in [5.41, 5.74) is -0.883. The van der Waals surface area contributed by atoms with Gasteiger partial charge in [0.15, 0.2) is 0 Å². The molecule has 2 amide bonds. The molecule has 2 N–H and O–H groups in total. The molecule has 2 aliphatic heterocycles. The molecule has 2 rings (SSSR count). The second-order valence-corrected chi connectivity index (χ2v) is 12.7. The summed E-state index contributed by atoms with van der Waals surface area (Å²) in [7, 11) is 0. The van der Waals surface area contributed by atoms with Crippen LogP contribution in [0, 0.1) is 37.0 Å². The zero-order valence-corrected chi connectivity index (χ0v) is 30.5. The average Bonchev–Trinajstić information content (AvgIpc) is 3.01. The number of carbonyl (C=O) groups excluding carboxylic acids is 2. The zero-order valence-electron chi connectivity index (χ0n) is 30.5. The molecule has 48 heavy (non-hydrogen) atoms. The van der Waals surface area contributed by atoms with E-state index in [0.29, 0.717) is 78.7 Å². The first-order valence-corrected chi connectivity index (χ1v) is 16.5. The number of aliphatic hydroxyl groups is 2. The normalized spacial score (nSPS) is 15.0. The van der Waals surface area contributed by atoms with Crippen LogP contribution in [0.2, 0.25) is 0 Å². The fraction of sp³-hybridized carbons (Fsp3) is 0.778. The first-order chi connectivity index (χ1) is 22.6. The highest BCUT2D eigenvalue weighted by atomic mass is 16.6. The molecule has 2 aliphatic rings. The van der Waals surface area contributed by atoms with Crippen LogP contribution in [0.15, 0.2) is 0 Å². The van der Waals surface area contributed by atoms with Crippen molar-refractivity contribution in [3.8, 4) is 37.0 Å². The summed E-state index contributed by atoms with van der Waals surface area (Å²) in [6, 6.07) is 0. The van der Waals surface area contributed by atoms with Crippen LogP contribution in [0.1, 0.15) is 80.6 Å². The Kier molecular flexibility index (Phi) is 28.4. The van der Waals surface area contributed by atoms with Gasteiger partial charge in [0.05, 0.1) is 38.6 Å². The van der Waals surface area contributed by atoms with Gasteiger partial charge in [0.2, 0.25) is 0 Å². The summed E-state index contributed by atoms with van der Waals surface area (Å²) >= 11 is 0. The Morgan fingerprint density at radius 2 is 1.08 bits per heavy atom. The van der Waals surface area contributed by atoms with Gasteiger partial charge in [0.1, 0.15) is 31.0 Å². The smallest absolute Gasteiger partial charge is 0.410 e. The molecule has 0 saturated carbocycles. The first-order valence-electron chi connectivity index (χ1n) is 16.5. The monoisotopic (exact) mass is 682 g/mol. The maximum absolute atomic E-state index is 11.9. The number of piperidine rings is 2. The molecule has 0 aromatic rings. The van der Waals surface area contributed by atoms with Crippen molar-refractivity contribution < 1.29 is 48.2 Å². The maximum Gasteiger partial charge on any atom is 0.410 e. The van der Waals surface area contributed by atoms with Crippen molar-refractivity contribution in [3.05, 3.63) is 0 Å². The lowest BCUT2D eigenvalue weighted by molar-refractivity contribution is -0.0264. The SMILES string of the molecule is C#CCOCCC.C#CCOCCO.C#CCOCCOC1CCN(C(=O)OC(C)(C)C)CC1.CC(C)(C)OC(=O)N1CCC(O)CC1. The molecule has 0 aromatic heterocycles. The van der Waals surface area contributed by atoms with Gasteiger partial charge >= 0.3 is 12.2 Å². The van der Waals surface area contributed by atoms with E-state index in [1.54, 1.807) is 9.80 Å². The largest absolute Gasteiger partial charge is 0.444 e. The molecule has 12 heteroatoms. The number of rotatable bonds is 11. The minimum absolute atomic E-state index is 0.0433. The summed E-state index contributed by atoms with van der Waals surface area (Å²) in [6.45, 7) is 19.0. The molecule has 2 saturated heterocycles. The lowest BCUT2D eigenvalue weighted by Crippen LogP contribution is -2.43. The third-order valence-electron chi connectivity index (χ3n) is 5.93. The van der Waals surface area contributed by atoms with Crippen LogP contribution >= 0.6 is 0 Å². The predicted molar refractivity (Wildman–Crippen MR) is 186 cm³/mol. The zero-order chi connectivity index (χ0) is 36.8. The van der Waals surface area contributed by atoms with Crippen LogP contribution in [-0.2, 0) is 28.4 Å². The minimum atomic E-state index is -0.446. The fourth-order valence-electron chi connectivity index (χ4n) is 3.78. The molecule has 0 aromatic carbocycles. The van der Waals surface area contributed by atoms with Crippen molar-refractivity contribution in [2.24, 2.45) is 0 Å². The Labute approximate surface area is 290 Å². The molecular formula is C36H62N2O10. The maximum atomic E-state index is 11.9. The van der Waals surface area contributed by atoms with E-state index >= 15 is 0 Å². The number of nitrogens with zero attached hydrogens (tertiary/aromatic N) is 2. The van der Waals surface area contributed by atoms with E-state index in [9.17, 15) is 14.7 Å². The molecule has 0 bridgehead atoms. The van der Waals surface area contributed by atoms with Crippen LogP contribution in [0.3, 0.4) is 0 Å². The molecule has 276 valence electrons. The summed E-state index contributed by atoms with van der Waals surface area (Å²) < 4.78 is 30.9. The molecular weight excluding hydrogens is 620 g/mol. The van der Waals surface area contributed by atoms with Gasteiger partial charge in [-0.25, -0.2) is 9.59 Å². The van der Waals surface area contributed by atoms with Gasteiger partial charge in [0, 0.05) is 32.8 Å². The molecule has 0 aliphatic carbocycles. The molecule has 0 atom stereocenters. The topological polar surface area (TPSA) is 136 Å². The number of carbonyl (C=O) groups is 2. The number of terminal acetylenes is 3. The highest BCUT2D eigenvalue weighted by Gasteiger charge is 2.27. The number of ether oxygens (including phenoxy) is 6. The van der Waals surface area contributed by atoms with Crippen LogP contribution in [0.4, 0.5) is 9.59 Å². The van der Waals surface area contributed by atoms with Gasteiger partial charge in [-0.2, -0.15) is 0 Å². The Morgan fingerprint density at radius 1 is 0.688 bits per heavy atom. The van der Waals surface area contributed by atoms with Crippen LogP contribution in [0.5, 0.6) is 0 Å². The molecule has 2 fully saturated rings. The summed E-state index contributed by atoms with van der Waals surface area (Å²) in [6.07, 6.45) is 18.2. The Morgan fingerprint density at radius 3 is 1.46 bits per heavy atom. The summed E-state index contributed by atoms with van der Waals surface area (Å²) in [4.78, 5) is 26.8. The van der Waals surface area contributed by atoms with Gasteiger partial charge in [-0.15, -0.1) is 19.3 Å². The number of likely N-dealkylation sites (tertiary alicyclic amines) is 2. The Hall–Kier alpha value is -3.02. The molecule has 0 radical (unpaired) electrons. The van der Waals surface area contributed by atoms with Crippen LogP contribution < -0.4 is 0 Å². The van der Waals surface area contributed by atoms with Crippen LogP contribution in [0.25, 0.3) is 0 Å². The van der Waals surface area contributed by atoms with Crippen molar-refractivity contribution in [3.63, 3.8) is 0 Å². The van der Waals surface area contributed by atoms with E-state index in [1.807, 2.05) is 41.5 Å².